The van der Waals surface area contributed by atoms with Gasteiger partial charge in [-0.1, -0.05) is 18.2 Å². The molecule has 3 rings (SSSR count). The van der Waals surface area contributed by atoms with Crippen LogP contribution < -0.4 is 15.8 Å². The number of carbonyl (C=O) groups excluding carboxylic acids is 2. The highest BCUT2D eigenvalue weighted by molar-refractivity contribution is 7.89. The predicted molar refractivity (Wildman–Crippen MR) is 114 cm³/mol. The number of likely N-dealkylation sites (tertiary alicyclic amines) is 1. The zero-order valence-corrected chi connectivity index (χ0v) is 17.8. The van der Waals surface area contributed by atoms with E-state index in [4.69, 9.17) is 5.73 Å². The first kappa shape index (κ1) is 21.9. The van der Waals surface area contributed by atoms with Crippen molar-refractivity contribution in [3.05, 3.63) is 59.2 Å². The summed E-state index contributed by atoms with van der Waals surface area (Å²) in [7, 11) is -2.33. The van der Waals surface area contributed by atoms with E-state index < -0.39 is 15.9 Å². The Morgan fingerprint density at radius 3 is 2.67 bits per heavy atom. The SMILES string of the molecule is CNS(=O)(=O)c1ccc(C)c(C(=O)Nc2cccc(CN3CCCC3C(N)=O)c2)c1. The van der Waals surface area contributed by atoms with Gasteiger partial charge in [0, 0.05) is 17.8 Å². The van der Waals surface area contributed by atoms with Crippen molar-refractivity contribution in [1.82, 2.24) is 9.62 Å². The summed E-state index contributed by atoms with van der Waals surface area (Å²) in [6.45, 7) is 3.11. The maximum absolute atomic E-state index is 12.8. The molecular weight excluding hydrogens is 404 g/mol. The maximum atomic E-state index is 12.8. The maximum Gasteiger partial charge on any atom is 0.255 e. The highest BCUT2D eigenvalue weighted by Gasteiger charge is 2.28. The largest absolute Gasteiger partial charge is 0.368 e. The van der Waals surface area contributed by atoms with Gasteiger partial charge in [0.2, 0.25) is 15.9 Å². The van der Waals surface area contributed by atoms with Gasteiger partial charge >= 0.3 is 0 Å². The predicted octanol–water partition coefficient (Wildman–Crippen LogP) is 1.61. The van der Waals surface area contributed by atoms with Gasteiger partial charge < -0.3 is 11.1 Å². The topological polar surface area (TPSA) is 122 Å². The Morgan fingerprint density at radius 1 is 1.20 bits per heavy atom. The first-order chi connectivity index (χ1) is 14.2. The lowest BCUT2D eigenvalue weighted by molar-refractivity contribution is -0.122. The molecule has 9 heteroatoms. The number of carbonyl (C=O) groups is 2. The van der Waals surface area contributed by atoms with E-state index >= 15 is 0 Å². The molecule has 4 N–H and O–H groups in total. The summed E-state index contributed by atoms with van der Waals surface area (Å²) in [4.78, 5) is 26.5. The minimum absolute atomic E-state index is 0.0287. The van der Waals surface area contributed by atoms with Gasteiger partial charge in [-0.2, -0.15) is 0 Å². The van der Waals surface area contributed by atoms with Crippen molar-refractivity contribution in [2.75, 3.05) is 18.9 Å². The number of nitrogens with two attached hydrogens (primary N) is 1. The van der Waals surface area contributed by atoms with Crippen molar-refractivity contribution >= 4 is 27.5 Å². The fourth-order valence-electron chi connectivity index (χ4n) is 3.65. The van der Waals surface area contributed by atoms with Crippen LogP contribution in [0.15, 0.2) is 47.4 Å². The number of anilines is 1. The first-order valence-electron chi connectivity index (χ1n) is 9.69. The molecule has 0 saturated carbocycles. The average molecular weight is 431 g/mol. The van der Waals surface area contributed by atoms with Crippen molar-refractivity contribution in [2.45, 2.75) is 37.2 Å². The fourth-order valence-corrected chi connectivity index (χ4v) is 4.40. The lowest BCUT2D eigenvalue weighted by Gasteiger charge is -2.22. The van der Waals surface area contributed by atoms with Crippen LogP contribution in [0.2, 0.25) is 0 Å². The molecule has 1 heterocycles. The molecule has 0 bridgehead atoms. The Kier molecular flexibility index (Phi) is 6.55. The molecule has 0 spiro atoms. The number of amides is 2. The van der Waals surface area contributed by atoms with Crippen LogP contribution in [0.1, 0.15) is 34.3 Å². The third kappa shape index (κ3) is 4.86. The van der Waals surface area contributed by atoms with Crippen LogP contribution >= 0.6 is 0 Å². The standard InChI is InChI=1S/C21H26N4O4S/c1-14-8-9-17(30(28,29)23-2)12-18(14)21(27)24-16-6-3-5-15(11-16)13-25-10-4-7-19(25)20(22)26/h3,5-6,8-9,11-12,19,23H,4,7,10,13H2,1-2H3,(H2,22,26)(H,24,27). The Hall–Kier alpha value is -2.75. The molecule has 2 aromatic rings. The normalized spacial score (nSPS) is 17.1. The molecule has 1 fully saturated rings. The first-order valence-corrected chi connectivity index (χ1v) is 11.2. The lowest BCUT2D eigenvalue weighted by Crippen LogP contribution is -2.39. The summed E-state index contributed by atoms with van der Waals surface area (Å²) in [6.07, 6.45) is 1.69. The fraction of sp³-hybridized carbons (Fsp3) is 0.333. The second-order valence-corrected chi connectivity index (χ2v) is 9.26. The summed E-state index contributed by atoms with van der Waals surface area (Å²) >= 11 is 0. The molecular formula is C21H26N4O4S. The van der Waals surface area contributed by atoms with Crippen molar-refractivity contribution in [3.63, 3.8) is 0 Å². The molecule has 8 nitrogen and oxygen atoms in total. The van der Waals surface area contributed by atoms with E-state index in [0.29, 0.717) is 17.8 Å². The molecule has 30 heavy (non-hydrogen) atoms. The van der Waals surface area contributed by atoms with E-state index in [2.05, 4.69) is 10.0 Å². The molecule has 1 saturated heterocycles. The van der Waals surface area contributed by atoms with Gasteiger partial charge in [0.05, 0.1) is 10.9 Å². The minimum Gasteiger partial charge on any atom is -0.368 e. The van der Waals surface area contributed by atoms with E-state index in [-0.39, 0.29) is 22.4 Å². The minimum atomic E-state index is -3.65. The van der Waals surface area contributed by atoms with Gasteiger partial charge in [-0.25, -0.2) is 13.1 Å². The molecule has 1 unspecified atom stereocenters. The van der Waals surface area contributed by atoms with Crippen LogP contribution in [0.25, 0.3) is 0 Å². The van der Waals surface area contributed by atoms with Crippen LogP contribution in [0.3, 0.4) is 0 Å². The number of nitrogens with zero attached hydrogens (tertiary/aromatic N) is 1. The van der Waals surface area contributed by atoms with Crippen molar-refractivity contribution in [1.29, 1.82) is 0 Å². The van der Waals surface area contributed by atoms with Crippen molar-refractivity contribution < 1.29 is 18.0 Å². The molecule has 0 radical (unpaired) electrons. The summed E-state index contributed by atoms with van der Waals surface area (Å²) in [6, 6.07) is 11.5. The van der Waals surface area contributed by atoms with E-state index in [1.54, 1.807) is 19.1 Å². The van der Waals surface area contributed by atoms with Gasteiger partial charge in [0.25, 0.3) is 5.91 Å². The summed E-state index contributed by atoms with van der Waals surface area (Å²) in [5.74, 6) is -0.710. The number of nitrogens with one attached hydrogen (secondary N) is 2. The van der Waals surface area contributed by atoms with Crippen molar-refractivity contribution in [2.24, 2.45) is 5.73 Å². The Bertz CT molecular complexity index is 1070. The summed E-state index contributed by atoms with van der Waals surface area (Å²) in [5, 5.41) is 2.83. The molecule has 160 valence electrons. The Labute approximate surface area is 176 Å². The van der Waals surface area contributed by atoms with Crippen LogP contribution in [0.4, 0.5) is 5.69 Å². The van der Waals surface area contributed by atoms with Gasteiger partial charge in [0.1, 0.15) is 0 Å². The smallest absolute Gasteiger partial charge is 0.255 e. The number of sulfonamides is 1. The number of benzene rings is 2. The quantitative estimate of drug-likeness (QED) is 0.616. The molecule has 1 atom stereocenters. The molecule has 2 amide bonds. The van der Waals surface area contributed by atoms with E-state index in [0.717, 1.165) is 24.9 Å². The Balaban J connectivity index is 1.77. The van der Waals surface area contributed by atoms with Crippen LogP contribution in [0, 0.1) is 6.92 Å². The molecule has 0 aliphatic carbocycles. The summed E-state index contributed by atoms with van der Waals surface area (Å²) < 4.78 is 26.3. The third-order valence-corrected chi connectivity index (χ3v) is 6.71. The second kappa shape index (κ2) is 8.95. The number of aryl methyl sites for hydroxylation is 1. The average Bonchev–Trinajstić information content (AvgIpc) is 3.16. The zero-order chi connectivity index (χ0) is 21.9. The lowest BCUT2D eigenvalue weighted by atomic mass is 10.1. The highest BCUT2D eigenvalue weighted by Crippen LogP contribution is 2.22. The van der Waals surface area contributed by atoms with Gasteiger partial charge in [-0.15, -0.1) is 0 Å². The number of primary amides is 1. The van der Waals surface area contributed by atoms with Gasteiger partial charge in [0.15, 0.2) is 0 Å². The number of hydrogen-bond donors (Lipinski definition) is 3. The Morgan fingerprint density at radius 2 is 1.97 bits per heavy atom. The zero-order valence-electron chi connectivity index (χ0n) is 17.0. The molecule has 1 aliphatic heterocycles. The molecule has 2 aromatic carbocycles. The molecule has 0 aromatic heterocycles. The number of hydrogen-bond acceptors (Lipinski definition) is 5. The second-order valence-electron chi connectivity index (χ2n) is 7.37. The van der Waals surface area contributed by atoms with Crippen LogP contribution in [-0.4, -0.2) is 44.8 Å². The van der Waals surface area contributed by atoms with E-state index in [1.165, 1.54) is 19.2 Å². The monoisotopic (exact) mass is 430 g/mol. The van der Waals surface area contributed by atoms with Crippen LogP contribution in [0.5, 0.6) is 0 Å². The van der Waals surface area contributed by atoms with Crippen LogP contribution in [-0.2, 0) is 21.4 Å². The summed E-state index contributed by atoms with van der Waals surface area (Å²) in [5.41, 5.74) is 7.97. The van der Waals surface area contributed by atoms with Gasteiger partial charge in [-0.05, 0) is 68.8 Å². The highest BCUT2D eigenvalue weighted by atomic mass is 32.2. The van der Waals surface area contributed by atoms with Gasteiger partial charge in [-0.3, -0.25) is 14.5 Å². The van der Waals surface area contributed by atoms with E-state index in [9.17, 15) is 18.0 Å². The molecule has 1 aliphatic rings. The number of rotatable bonds is 7. The van der Waals surface area contributed by atoms with E-state index in [1.807, 2.05) is 23.1 Å². The van der Waals surface area contributed by atoms with Crippen molar-refractivity contribution in [3.8, 4) is 0 Å². The third-order valence-electron chi connectivity index (χ3n) is 5.30.